The van der Waals surface area contributed by atoms with Crippen LogP contribution in [0.5, 0.6) is 0 Å². The van der Waals surface area contributed by atoms with E-state index in [9.17, 15) is 14.7 Å². The van der Waals surface area contributed by atoms with Gasteiger partial charge in [0.25, 0.3) is 0 Å². The molecule has 1 aliphatic heterocycles. The average molecular weight is 220 g/mol. The van der Waals surface area contributed by atoms with Crippen LogP contribution in [0.15, 0.2) is 0 Å². The van der Waals surface area contributed by atoms with Gasteiger partial charge < -0.3 is 14.6 Å². The van der Waals surface area contributed by atoms with E-state index in [-0.39, 0.29) is 6.61 Å². The van der Waals surface area contributed by atoms with Gasteiger partial charge in [-0.2, -0.15) is 0 Å². The highest BCUT2D eigenvalue weighted by Crippen LogP contribution is 2.61. The van der Waals surface area contributed by atoms with Gasteiger partial charge in [0.1, 0.15) is 6.61 Å². The quantitative estimate of drug-likeness (QED) is 0.405. The zero-order valence-corrected chi connectivity index (χ0v) is 6.96. The minimum Gasteiger partial charge on any atom is -0.550 e. The molecule has 2 rings (SSSR count). The lowest BCUT2D eigenvalue weighted by molar-refractivity contribution is -0.308. The Morgan fingerprint density at radius 1 is 1.82 bits per heavy atom. The highest BCUT2D eigenvalue weighted by molar-refractivity contribution is 9.10. The largest absolute Gasteiger partial charge is 0.550 e. The first kappa shape index (κ1) is 7.09. The van der Waals surface area contributed by atoms with Gasteiger partial charge in [-0.15, -0.1) is 0 Å². The molecule has 1 saturated heterocycles. The van der Waals surface area contributed by atoms with Crippen molar-refractivity contribution in [3.63, 3.8) is 0 Å². The van der Waals surface area contributed by atoms with Crippen molar-refractivity contribution in [3.8, 4) is 0 Å². The summed E-state index contributed by atoms with van der Waals surface area (Å²) in [5.41, 5.74) is 0. The number of carboxylic acid groups (broad SMARTS) is 1. The molecule has 0 bridgehead atoms. The van der Waals surface area contributed by atoms with Gasteiger partial charge in [-0.1, -0.05) is 15.9 Å². The van der Waals surface area contributed by atoms with Crippen molar-refractivity contribution in [3.05, 3.63) is 0 Å². The summed E-state index contributed by atoms with van der Waals surface area (Å²) in [7, 11) is 0. The van der Waals surface area contributed by atoms with Crippen molar-refractivity contribution in [2.75, 3.05) is 6.61 Å². The fourth-order valence-electron chi connectivity index (χ4n) is 1.52. The molecule has 60 valence electrons. The molecule has 3 unspecified atom stereocenters. The Kier molecular flexibility index (Phi) is 1.14. The molecular formula is C6H4BrO4-. The first-order valence-corrected chi connectivity index (χ1v) is 3.93. The van der Waals surface area contributed by atoms with Gasteiger partial charge in [-0.05, 0) is 0 Å². The van der Waals surface area contributed by atoms with Crippen molar-refractivity contribution < 1.29 is 19.4 Å². The Labute approximate surface area is 70.7 Å². The normalized spacial score (nSPS) is 46.5. The van der Waals surface area contributed by atoms with Crippen molar-refractivity contribution in [1.29, 1.82) is 0 Å². The second-order valence-electron chi connectivity index (χ2n) is 2.81. The Hall–Kier alpha value is -0.580. The molecule has 0 spiro atoms. The van der Waals surface area contributed by atoms with Crippen LogP contribution < -0.4 is 5.11 Å². The molecule has 0 amide bonds. The molecule has 1 aliphatic carbocycles. The van der Waals surface area contributed by atoms with E-state index >= 15 is 0 Å². The van der Waals surface area contributed by atoms with Crippen LogP contribution in [0.2, 0.25) is 0 Å². The van der Waals surface area contributed by atoms with E-state index in [1.807, 2.05) is 0 Å². The summed E-state index contributed by atoms with van der Waals surface area (Å²) in [6.45, 7) is 0.148. The average Bonchev–Trinajstić information content (AvgIpc) is 2.43. The number of aliphatic carboxylic acids is 1. The fraction of sp³-hybridized carbons (Fsp3) is 0.667. The number of esters is 1. The number of cyclic esters (lactones) is 1. The monoisotopic (exact) mass is 219 g/mol. The fourth-order valence-corrected chi connectivity index (χ4v) is 2.41. The number of alkyl halides is 1. The summed E-state index contributed by atoms with van der Waals surface area (Å²) in [5, 5.41) is 10.4. The number of hydrogen-bond acceptors (Lipinski definition) is 4. The van der Waals surface area contributed by atoms with E-state index in [0.717, 1.165) is 0 Å². The SMILES string of the molecule is O=C([O-])C1C2C(=O)OCC12Br. The van der Waals surface area contributed by atoms with E-state index in [1.54, 1.807) is 0 Å². The second-order valence-corrected chi connectivity index (χ2v) is 4.29. The first-order valence-electron chi connectivity index (χ1n) is 3.14. The Balaban J connectivity index is 2.24. The maximum atomic E-state index is 10.8. The van der Waals surface area contributed by atoms with Crippen molar-refractivity contribution in [1.82, 2.24) is 0 Å². The molecule has 11 heavy (non-hydrogen) atoms. The maximum absolute atomic E-state index is 10.8. The predicted molar refractivity (Wildman–Crippen MR) is 34.6 cm³/mol. The van der Waals surface area contributed by atoms with Gasteiger partial charge in [-0.25, -0.2) is 0 Å². The third-order valence-electron chi connectivity index (χ3n) is 2.20. The van der Waals surface area contributed by atoms with Crippen LogP contribution in [0.3, 0.4) is 0 Å². The van der Waals surface area contributed by atoms with Gasteiger partial charge in [0.2, 0.25) is 0 Å². The highest BCUT2D eigenvalue weighted by atomic mass is 79.9. The molecule has 4 nitrogen and oxygen atoms in total. The van der Waals surface area contributed by atoms with Crippen LogP contribution >= 0.6 is 15.9 Å². The highest BCUT2D eigenvalue weighted by Gasteiger charge is 2.73. The number of hydrogen-bond donors (Lipinski definition) is 0. The number of carboxylic acids is 1. The Morgan fingerprint density at radius 3 is 2.73 bits per heavy atom. The number of fused-ring (bicyclic) bond motifs is 1. The Morgan fingerprint density at radius 2 is 2.45 bits per heavy atom. The maximum Gasteiger partial charge on any atom is 0.311 e. The van der Waals surface area contributed by atoms with Crippen LogP contribution in [0.4, 0.5) is 0 Å². The minimum absolute atomic E-state index is 0.148. The minimum atomic E-state index is -1.18. The molecule has 0 aromatic carbocycles. The molecule has 2 fully saturated rings. The lowest BCUT2D eigenvalue weighted by Crippen LogP contribution is -2.30. The summed E-state index contributed by atoms with van der Waals surface area (Å²) in [6.07, 6.45) is 0. The van der Waals surface area contributed by atoms with Gasteiger partial charge in [0, 0.05) is 11.9 Å². The van der Waals surface area contributed by atoms with E-state index < -0.39 is 28.1 Å². The molecular weight excluding hydrogens is 216 g/mol. The number of rotatable bonds is 1. The number of carbonyl (C=O) groups is 2. The van der Waals surface area contributed by atoms with Crippen LogP contribution in [0.25, 0.3) is 0 Å². The zero-order valence-electron chi connectivity index (χ0n) is 5.37. The van der Waals surface area contributed by atoms with Crippen molar-refractivity contribution >= 4 is 27.9 Å². The molecule has 1 heterocycles. The van der Waals surface area contributed by atoms with Gasteiger partial charge in [0.05, 0.1) is 10.2 Å². The van der Waals surface area contributed by atoms with E-state index in [1.165, 1.54) is 0 Å². The third kappa shape index (κ3) is 0.690. The number of ether oxygens (including phenoxy) is 1. The third-order valence-corrected chi connectivity index (χ3v) is 3.42. The predicted octanol–water partition coefficient (Wildman–Crippen LogP) is -1.33. The van der Waals surface area contributed by atoms with Crippen molar-refractivity contribution in [2.45, 2.75) is 4.32 Å². The summed E-state index contributed by atoms with van der Waals surface area (Å²) in [5.74, 6) is -2.82. The molecule has 3 atom stereocenters. The van der Waals surface area contributed by atoms with Gasteiger partial charge in [0.15, 0.2) is 0 Å². The second kappa shape index (κ2) is 1.77. The van der Waals surface area contributed by atoms with E-state index in [0.29, 0.717) is 0 Å². The van der Waals surface area contributed by atoms with Crippen LogP contribution in [0, 0.1) is 11.8 Å². The van der Waals surface area contributed by atoms with E-state index in [4.69, 9.17) is 0 Å². The summed E-state index contributed by atoms with van der Waals surface area (Å²) < 4.78 is 3.97. The lowest BCUT2D eigenvalue weighted by Gasteiger charge is -2.07. The zero-order chi connectivity index (χ0) is 8.22. The lowest BCUT2D eigenvalue weighted by atomic mass is 10.3. The molecule has 0 aromatic rings. The molecule has 0 aromatic heterocycles. The van der Waals surface area contributed by atoms with Gasteiger partial charge >= 0.3 is 5.97 Å². The topological polar surface area (TPSA) is 66.4 Å². The molecule has 2 aliphatic rings. The molecule has 0 N–H and O–H groups in total. The van der Waals surface area contributed by atoms with Crippen LogP contribution in [0.1, 0.15) is 0 Å². The summed E-state index contributed by atoms with van der Waals surface area (Å²) in [6, 6.07) is 0. The van der Waals surface area contributed by atoms with Crippen LogP contribution in [-0.2, 0) is 14.3 Å². The molecule has 5 heteroatoms. The molecule has 1 saturated carbocycles. The number of carbonyl (C=O) groups excluding carboxylic acids is 2. The molecule has 0 radical (unpaired) electrons. The summed E-state index contributed by atoms with van der Waals surface area (Å²) >= 11 is 3.16. The number of halogens is 1. The Bertz CT molecular complexity index is 245. The van der Waals surface area contributed by atoms with Crippen LogP contribution in [-0.4, -0.2) is 22.9 Å². The standard InChI is InChI=1S/C6H5BrO4/c7-6-1-11-5(10)3(6)2(6)4(8)9/h2-3H,1H2,(H,8,9)/p-1. The van der Waals surface area contributed by atoms with Crippen molar-refractivity contribution in [2.24, 2.45) is 11.8 Å². The van der Waals surface area contributed by atoms with Gasteiger partial charge in [-0.3, -0.25) is 4.79 Å². The van der Waals surface area contributed by atoms with E-state index in [2.05, 4.69) is 20.7 Å². The first-order chi connectivity index (χ1) is 5.07. The summed E-state index contributed by atoms with van der Waals surface area (Å²) in [4.78, 5) is 21.2. The smallest absolute Gasteiger partial charge is 0.311 e.